The van der Waals surface area contributed by atoms with Gasteiger partial charge in [-0.2, -0.15) is 13.2 Å². The summed E-state index contributed by atoms with van der Waals surface area (Å²) in [5.74, 6) is 0.990. The van der Waals surface area contributed by atoms with E-state index in [-0.39, 0.29) is 0 Å². The summed E-state index contributed by atoms with van der Waals surface area (Å²) >= 11 is 0. The minimum absolute atomic E-state index is 0.358. The van der Waals surface area contributed by atoms with Gasteiger partial charge in [-0.3, -0.25) is 4.98 Å². The summed E-state index contributed by atoms with van der Waals surface area (Å²) in [5.41, 5.74) is 0.689. The first-order valence-corrected chi connectivity index (χ1v) is 8.15. The highest BCUT2D eigenvalue weighted by molar-refractivity contribution is 5.87. The Balaban J connectivity index is 1.65. The number of pyridine rings is 2. The van der Waals surface area contributed by atoms with Crippen LogP contribution in [0.5, 0.6) is 11.6 Å². The molecule has 0 saturated carbocycles. The monoisotopic (exact) mass is 366 g/mol. The number of alkyl halides is 3. The van der Waals surface area contributed by atoms with Gasteiger partial charge in [0.05, 0.1) is 5.56 Å². The SMILES string of the molecule is FC(F)(F)c1ccc(-c2ccnc(Oc3cccc4cnccc34)c2)cc1. The number of fused-ring (bicyclic) bond motifs is 1. The van der Waals surface area contributed by atoms with Crippen molar-refractivity contribution in [1.82, 2.24) is 9.97 Å². The highest BCUT2D eigenvalue weighted by atomic mass is 19.4. The van der Waals surface area contributed by atoms with Crippen LogP contribution in [0.1, 0.15) is 5.56 Å². The molecule has 0 bridgehead atoms. The van der Waals surface area contributed by atoms with Crippen LogP contribution in [0.15, 0.2) is 79.3 Å². The van der Waals surface area contributed by atoms with E-state index >= 15 is 0 Å². The van der Waals surface area contributed by atoms with E-state index in [1.54, 1.807) is 30.7 Å². The molecule has 0 aliphatic heterocycles. The second-order valence-electron chi connectivity index (χ2n) is 5.91. The van der Waals surface area contributed by atoms with Crippen LogP contribution < -0.4 is 4.74 Å². The van der Waals surface area contributed by atoms with E-state index in [0.717, 1.165) is 28.5 Å². The lowest BCUT2D eigenvalue weighted by atomic mass is 10.0. The molecule has 0 unspecified atom stereocenters. The molecule has 0 atom stereocenters. The van der Waals surface area contributed by atoms with Crippen molar-refractivity contribution in [3.8, 4) is 22.8 Å². The van der Waals surface area contributed by atoms with Gasteiger partial charge >= 0.3 is 6.18 Å². The number of halogens is 3. The molecule has 2 heterocycles. The molecule has 4 aromatic rings. The van der Waals surface area contributed by atoms with Gasteiger partial charge in [0.25, 0.3) is 0 Å². The van der Waals surface area contributed by atoms with Gasteiger partial charge in [0.1, 0.15) is 5.75 Å². The van der Waals surface area contributed by atoms with Gasteiger partial charge in [0.15, 0.2) is 0 Å². The number of nitrogens with zero attached hydrogens (tertiary/aromatic N) is 2. The number of benzene rings is 2. The van der Waals surface area contributed by atoms with Crippen molar-refractivity contribution in [1.29, 1.82) is 0 Å². The summed E-state index contributed by atoms with van der Waals surface area (Å²) < 4.78 is 44.1. The Morgan fingerprint density at radius 3 is 2.41 bits per heavy atom. The Labute approximate surface area is 153 Å². The van der Waals surface area contributed by atoms with Crippen LogP contribution in [0.4, 0.5) is 13.2 Å². The Bertz CT molecular complexity index is 1090. The average Bonchev–Trinajstić information content (AvgIpc) is 2.68. The van der Waals surface area contributed by atoms with E-state index in [4.69, 9.17) is 4.74 Å². The molecule has 27 heavy (non-hydrogen) atoms. The molecule has 0 amide bonds. The van der Waals surface area contributed by atoms with Crippen molar-refractivity contribution in [3.63, 3.8) is 0 Å². The van der Waals surface area contributed by atoms with Crippen LogP contribution in [-0.4, -0.2) is 9.97 Å². The van der Waals surface area contributed by atoms with E-state index in [9.17, 15) is 13.2 Å². The highest BCUT2D eigenvalue weighted by Gasteiger charge is 2.29. The lowest BCUT2D eigenvalue weighted by Crippen LogP contribution is -2.03. The fourth-order valence-electron chi connectivity index (χ4n) is 2.79. The van der Waals surface area contributed by atoms with Crippen LogP contribution in [0.3, 0.4) is 0 Å². The molecule has 0 radical (unpaired) electrons. The van der Waals surface area contributed by atoms with Gasteiger partial charge < -0.3 is 4.74 Å². The van der Waals surface area contributed by atoms with Crippen molar-refractivity contribution in [2.75, 3.05) is 0 Å². The van der Waals surface area contributed by atoms with E-state index < -0.39 is 11.7 Å². The molecule has 2 aromatic carbocycles. The van der Waals surface area contributed by atoms with Crippen LogP contribution in [0.2, 0.25) is 0 Å². The lowest BCUT2D eigenvalue weighted by Gasteiger charge is -2.10. The molecule has 3 nitrogen and oxygen atoms in total. The van der Waals surface area contributed by atoms with Crippen molar-refractivity contribution in [3.05, 3.63) is 84.8 Å². The summed E-state index contributed by atoms with van der Waals surface area (Å²) in [6, 6.07) is 15.9. The standard InChI is InChI=1S/C21H13F3N2O/c22-21(23,24)17-6-4-14(5-7-17)15-8-11-26-20(12-15)27-19-3-1-2-16-13-25-10-9-18(16)19/h1-13H. The summed E-state index contributed by atoms with van der Waals surface area (Å²) in [5, 5.41) is 1.84. The summed E-state index contributed by atoms with van der Waals surface area (Å²) in [7, 11) is 0. The van der Waals surface area contributed by atoms with Gasteiger partial charge in [-0.1, -0.05) is 24.3 Å². The average molecular weight is 366 g/mol. The van der Waals surface area contributed by atoms with Crippen LogP contribution >= 0.6 is 0 Å². The van der Waals surface area contributed by atoms with Crippen molar-refractivity contribution >= 4 is 10.8 Å². The molecular formula is C21H13F3N2O. The van der Waals surface area contributed by atoms with Crippen molar-refractivity contribution in [2.24, 2.45) is 0 Å². The predicted octanol–water partition coefficient (Wildman–Crippen LogP) is 6.11. The highest BCUT2D eigenvalue weighted by Crippen LogP contribution is 2.33. The molecule has 134 valence electrons. The molecule has 6 heteroatoms. The van der Waals surface area contributed by atoms with Gasteiger partial charge in [-0.25, -0.2) is 4.98 Å². The Kier molecular flexibility index (Phi) is 4.24. The fourth-order valence-corrected chi connectivity index (χ4v) is 2.79. The fraction of sp³-hybridized carbons (Fsp3) is 0.0476. The maximum absolute atomic E-state index is 12.7. The Morgan fingerprint density at radius 1 is 0.815 bits per heavy atom. The summed E-state index contributed by atoms with van der Waals surface area (Å²) in [6.45, 7) is 0. The molecule has 0 aliphatic rings. The zero-order valence-corrected chi connectivity index (χ0v) is 13.9. The normalized spacial score (nSPS) is 11.5. The van der Waals surface area contributed by atoms with Crippen molar-refractivity contribution in [2.45, 2.75) is 6.18 Å². The van der Waals surface area contributed by atoms with Crippen molar-refractivity contribution < 1.29 is 17.9 Å². The second-order valence-corrected chi connectivity index (χ2v) is 5.91. The molecular weight excluding hydrogens is 353 g/mol. The number of ether oxygens (including phenoxy) is 1. The van der Waals surface area contributed by atoms with Crippen LogP contribution in [0, 0.1) is 0 Å². The minimum atomic E-state index is -4.35. The Morgan fingerprint density at radius 2 is 1.63 bits per heavy atom. The summed E-state index contributed by atoms with van der Waals surface area (Å²) in [6.07, 6.45) is 0.638. The first kappa shape index (κ1) is 17.0. The third-order valence-electron chi connectivity index (χ3n) is 4.14. The lowest BCUT2D eigenvalue weighted by molar-refractivity contribution is -0.137. The zero-order valence-electron chi connectivity index (χ0n) is 13.9. The van der Waals surface area contributed by atoms with Crippen LogP contribution in [-0.2, 0) is 6.18 Å². The number of rotatable bonds is 3. The van der Waals surface area contributed by atoms with Crippen LogP contribution in [0.25, 0.3) is 21.9 Å². The summed E-state index contributed by atoms with van der Waals surface area (Å²) in [4.78, 5) is 8.29. The van der Waals surface area contributed by atoms with Gasteiger partial charge in [0.2, 0.25) is 5.88 Å². The molecule has 0 spiro atoms. The molecule has 2 aromatic heterocycles. The topological polar surface area (TPSA) is 35.0 Å². The van der Waals surface area contributed by atoms with E-state index in [1.807, 2.05) is 24.3 Å². The maximum Gasteiger partial charge on any atom is 0.416 e. The molecule has 0 aliphatic carbocycles. The third-order valence-corrected chi connectivity index (χ3v) is 4.14. The number of aromatic nitrogens is 2. The molecule has 0 fully saturated rings. The van der Waals surface area contributed by atoms with E-state index in [2.05, 4.69) is 9.97 Å². The zero-order chi connectivity index (χ0) is 18.9. The first-order chi connectivity index (χ1) is 13.0. The molecule has 4 rings (SSSR count). The molecule has 0 N–H and O–H groups in total. The smallest absolute Gasteiger partial charge is 0.416 e. The predicted molar refractivity (Wildman–Crippen MR) is 96.5 cm³/mol. The maximum atomic E-state index is 12.7. The Hall–Kier alpha value is -3.41. The first-order valence-electron chi connectivity index (χ1n) is 8.15. The number of hydrogen-bond acceptors (Lipinski definition) is 3. The van der Waals surface area contributed by atoms with E-state index in [1.165, 1.54) is 12.1 Å². The quantitative estimate of drug-likeness (QED) is 0.439. The second kappa shape index (κ2) is 6.72. The largest absolute Gasteiger partial charge is 0.438 e. The van der Waals surface area contributed by atoms with Gasteiger partial charge in [-0.15, -0.1) is 0 Å². The third kappa shape index (κ3) is 3.60. The van der Waals surface area contributed by atoms with E-state index in [0.29, 0.717) is 17.2 Å². The van der Waals surface area contributed by atoms with Gasteiger partial charge in [-0.05, 0) is 41.5 Å². The number of hydrogen-bond donors (Lipinski definition) is 0. The van der Waals surface area contributed by atoms with Gasteiger partial charge in [0, 0.05) is 35.4 Å². The molecule has 0 saturated heterocycles. The minimum Gasteiger partial charge on any atom is -0.438 e.